The Balaban J connectivity index is 1.94. The van der Waals surface area contributed by atoms with Gasteiger partial charge in [-0.1, -0.05) is 22.6 Å². The van der Waals surface area contributed by atoms with Gasteiger partial charge in [0.25, 0.3) is 0 Å². The van der Waals surface area contributed by atoms with E-state index in [9.17, 15) is 0 Å². The number of alkyl halides is 1. The Hall–Kier alpha value is 0.650. The Morgan fingerprint density at radius 1 is 1.58 bits per heavy atom. The molecule has 0 saturated carbocycles. The molecule has 2 rings (SSSR count). The number of rotatable bonds is 1. The van der Waals surface area contributed by atoms with Gasteiger partial charge in [0, 0.05) is 16.4 Å². The number of piperidine rings is 1. The first-order valence-electron chi connectivity index (χ1n) is 4.73. The van der Waals surface area contributed by atoms with E-state index in [1.807, 2.05) is 0 Å². The van der Waals surface area contributed by atoms with Gasteiger partial charge < -0.3 is 10.1 Å². The lowest BCUT2D eigenvalue weighted by Gasteiger charge is -2.32. The molecular formula is C9H16INO. The van der Waals surface area contributed by atoms with Crippen LogP contribution in [0.2, 0.25) is 0 Å². The van der Waals surface area contributed by atoms with Gasteiger partial charge in [-0.05, 0) is 25.8 Å². The Labute approximate surface area is 87.6 Å². The maximum atomic E-state index is 5.75. The SMILES string of the molecule is IC[C@H]1C[C@]2(CCCNC2)CO1. The summed E-state index contributed by atoms with van der Waals surface area (Å²) >= 11 is 2.42. The second-order valence-electron chi connectivity index (χ2n) is 4.07. The molecule has 1 N–H and O–H groups in total. The fourth-order valence-corrected chi connectivity index (χ4v) is 2.89. The molecule has 0 aromatic rings. The molecule has 0 bridgehead atoms. The summed E-state index contributed by atoms with van der Waals surface area (Å²) in [7, 11) is 0. The Morgan fingerprint density at radius 2 is 2.50 bits per heavy atom. The van der Waals surface area contributed by atoms with Crippen molar-refractivity contribution >= 4 is 22.6 Å². The molecule has 2 aliphatic heterocycles. The predicted octanol–water partition coefficient (Wildman–Crippen LogP) is 1.58. The van der Waals surface area contributed by atoms with Gasteiger partial charge in [-0.15, -0.1) is 0 Å². The second-order valence-corrected chi connectivity index (χ2v) is 4.95. The van der Waals surface area contributed by atoms with Crippen LogP contribution in [0.5, 0.6) is 0 Å². The third-order valence-electron chi connectivity index (χ3n) is 3.02. The molecule has 0 aromatic carbocycles. The maximum absolute atomic E-state index is 5.75. The number of hydrogen-bond acceptors (Lipinski definition) is 2. The predicted molar refractivity (Wildman–Crippen MR) is 57.8 cm³/mol. The van der Waals surface area contributed by atoms with Crippen LogP contribution in [0.1, 0.15) is 19.3 Å². The summed E-state index contributed by atoms with van der Waals surface area (Å²) in [5.41, 5.74) is 0.508. The summed E-state index contributed by atoms with van der Waals surface area (Å²) in [4.78, 5) is 0. The Bertz CT molecular complexity index is 157. The lowest BCUT2D eigenvalue weighted by molar-refractivity contribution is 0.100. The highest BCUT2D eigenvalue weighted by molar-refractivity contribution is 14.1. The van der Waals surface area contributed by atoms with E-state index < -0.39 is 0 Å². The maximum Gasteiger partial charge on any atom is 0.0671 e. The average molecular weight is 281 g/mol. The van der Waals surface area contributed by atoms with Crippen LogP contribution < -0.4 is 5.32 Å². The molecular weight excluding hydrogens is 265 g/mol. The van der Waals surface area contributed by atoms with Gasteiger partial charge in [0.15, 0.2) is 0 Å². The summed E-state index contributed by atoms with van der Waals surface area (Å²) in [6, 6.07) is 0. The molecule has 70 valence electrons. The fraction of sp³-hybridized carbons (Fsp3) is 1.00. The zero-order valence-electron chi connectivity index (χ0n) is 7.31. The Morgan fingerprint density at radius 3 is 3.08 bits per heavy atom. The zero-order valence-corrected chi connectivity index (χ0v) is 9.47. The number of ether oxygens (including phenoxy) is 1. The number of halogens is 1. The van der Waals surface area contributed by atoms with Crippen LogP contribution in [0.4, 0.5) is 0 Å². The molecule has 2 saturated heterocycles. The van der Waals surface area contributed by atoms with E-state index in [0.717, 1.165) is 11.0 Å². The molecule has 0 unspecified atom stereocenters. The van der Waals surface area contributed by atoms with Gasteiger partial charge in [0.2, 0.25) is 0 Å². The molecule has 0 aromatic heterocycles. The van der Waals surface area contributed by atoms with Crippen LogP contribution >= 0.6 is 22.6 Å². The van der Waals surface area contributed by atoms with Crippen molar-refractivity contribution in [1.82, 2.24) is 5.32 Å². The summed E-state index contributed by atoms with van der Waals surface area (Å²) in [6.07, 6.45) is 4.51. The Kier molecular flexibility index (Phi) is 2.92. The molecule has 2 atom stereocenters. The van der Waals surface area contributed by atoms with Crippen LogP contribution in [-0.4, -0.2) is 30.2 Å². The standard InChI is InChI=1S/C9H16INO/c10-5-8-4-9(7-12-8)2-1-3-11-6-9/h8,11H,1-7H2/t8-,9+/m1/s1. The monoisotopic (exact) mass is 281 g/mol. The highest BCUT2D eigenvalue weighted by atomic mass is 127. The molecule has 2 heterocycles. The largest absolute Gasteiger partial charge is 0.377 e. The van der Waals surface area contributed by atoms with E-state index in [1.54, 1.807) is 0 Å². The van der Waals surface area contributed by atoms with Crippen LogP contribution in [-0.2, 0) is 4.74 Å². The zero-order chi connectivity index (χ0) is 8.44. The van der Waals surface area contributed by atoms with E-state index >= 15 is 0 Å². The minimum atomic E-state index is 0.508. The molecule has 2 nitrogen and oxygen atoms in total. The smallest absolute Gasteiger partial charge is 0.0671 e. The van der Waals surface area contributed by atoms with E-state index in [-0.39, 0.29) is 0 Å². The first kappa shape index (κ1) is 9.21. The fourth-order valence-electron chi connectivity index (χ4n) is 2.32. The topological polar surface area (TPSA) is 21.3 Å². The molecule has 2 fully saturated rings. The van der Waals surface area contributed by atoms with Crippen LogP contribution in [0.25, 0.3) is 0 Å². The highest BCUT2D eigenvalue weighted by Gasteiger charge is 2.40. The van der Waals surface area contributed by atoms with Crippen LogP contribution in [0.3, 0.4) is 0 Å². The van der Waals surface area contributed by atoms with E-state index in [4.69, 9.17) is 4.74 Å². The van der Waals surface area contributed by atoms with Crippen molar-refractivity contribution in [2.45, 2.75) is 25.4 Å². The van der Waals surface area contributed by atoms with Gasteiger partial charge in [-0.25, -0.2) is 0 Å². The average Bonchev–Trinajstić information content (AvgIpc) is 2.50. The van der Waals surface area contributed by atoms with Crippen molar-refractivity contribution in [2.24, 2.45) is 5.41 Å². The van der Waals surface area contributed by atoms with Gasteiger partial charge in [-0.3, -0.25) is 0 Å². The van der Waals surface area contributed by atoms with Crippen molar-refractivity contribution < 1.29 is 4.74 Å². The van der Waals surface area contributed by atoms with Crippen molar-refractivity contribution in [3.05, 3.63) is 0 Å². The summed E-state index contributed by atoms with van der Waals surface area (Å²) in [5.74, 6) is 0. The molecule has 0 amide bonds. The minimum absolute atomic E-state index is 0.508. The number of nitrogens with one attached hydrogen (secondary N) is 1. The van der Waals surface area contributed by atoms with Gasteiger partial charge in [0.05, 0.1) is 12.7 Å². The first-order chi connectivity index (χ1) is 5.85. The molecule has 3 heteroatoms. The van der Waals surface area contributed by atoms with E-state index in [1.165, 1.54) is 32.4 Å². The van der Waals surface area contributed by atoms with E-state index in [2.05, 4.69) is 27.9 Å². The van der Waals surface area contributed by atoms with Crippen molar-refractivity contribution in [1.29, 1.82) is 0 Å². The second kappa shape index (κ2) is 3.80. The minimum Gasteiger partial charge on any atom is -0.377 e. The van der Waals surface area contributed by atoms with Crippen molar-refractivity contribution in [2.75, 3.05) is 24.1 Å². The molecule has 0 radical (unpaired) electrons. The van der Waals surface area contributed by atoms with Crippen molar-refractivity contribution in [3.63, 3.8) is 0 Å². The molecule has 1 spiro atoms. The number of hydrogen-bond donors (Lipinski definition) is 1. The van der Waals surface area contributed by atoms with Gasteiger partial charge in [0.1, 0.15) is 0 Å². The molecule has 0 aliphatic carbocycles. The normalized spacial score (nSPS) is 42.2. The van der Waals surface area contributed by atoms with Crippen LogP contribution in [0, 0.1) is 5.41 Å². The molecule has 12 heavy (non-hydrogen) atoms. The van der Waals surface area contributed by atoms with Crippen LogP contribution in [0.15, 0.2) is 0 Å². The van der Waals surface area contributed by atoms with Gasteiger partial charge >= 0.3 is 0 Å². The first-order valence-corrected chi connectivity index (χ1v) is 6.26. The lowest BCUT2D eigenvalue weighted by Crippen LogP contribution is -2.40. The summed E-state index contributed by atoms with van der Waals surface area (Å²) in [5, 5.41) is 3.48. The third kappa shape index (κ3) is 1.77. The third-order valence-corrected chi connectivity index (χ3v) is 4.00. The van der Waals surface area contributed by atoms with Crippen molar-refractivity contribution in [3.8, 4) is 0 Å². The summed E-state index contributed by atoms with van der Waals surface area (Å²) in [6.45, 7) is 3.38. The molecule has 2 aliphatic rings. The lowest BCUT2D eigenvalue weighted by atomic mass is 9.79. The summed E-state index contributed by atoms with van der Waals surface area (Å²) < 4.78 is 6.90. The van der Waals surface area contributed by atoms with E-state index in [0.29, 0.717) is 11.5 Å². The highest BCUT2D eigenvalue weighted by Crippen LogP contribution is 2.38. The van der Waals surface area contributed by atoms with Gasteiger partial charge in [-0.2, -0.15) is 0 Å². The quantitative estimate of drug-likeness (QED) is 0.582.